The van der Waals surface area contributed by atoms with Crippen molar-refractivity contribution in [1.82, 2.24) is 9.38 Å². The Balaban J connectivity index is 1.84. The predicted octanol–water partition coefficient (Wildman–Crippen LogP) is 3.39. The molecular weight excluding hydrogens is 472 g/mol. The third-order valence-corrected chi connectivity index (χ3v) is 6.00. The maximum absolute atomic E-state index is 13.0. The largest absolute Gasteiger partial charge is 0.490 e. The molecule has 0 aliphatic heterocycles. The highest BCUT2D eigenvalue weighted by Gasteiger charge is 2.15. The summed E-state index contributed by atoms with van der Waals surface area (Å²) in [5.74, 6) is -0.379. The van der Waals surface area contributed by atoms with Crippen molar-refractivity contribution >= 4 is 55.3 Å². The summed E-state index contributed by atoms with van der Waals surface area (Å²) in [7, 11) is 0. The van der Waals surface area contributed by atoms with E-state index >= 15 is 0 Å². The van der Waals surface area contributed by atoms with Gasteiger partial charge in [0.1, 0.15) is 0 Å². The molecule has 4 aromatic rings. The van der Waals surface area contributed by atoms with E-state index in [2.05, 4.69) is 20.9 Å². The van der Waals surface area contributed by atoms with E-state index in [9.17, 15) is 9.59 Å². The second-order valence-electron chi connectivity index (χ2n) is 6.53. The molecule has 0 bridgehead atoms. The van der Waals surface area contributed by atoms with Crippen molar-refractivity contribution in [3.05, 3.63) is 60.8 Å². The van der Waals surface area contributed by atoms with Gasteiger partial charge in [0.25, 0.3) is 5.56 Å². The van der Waals surface area contributed by atoms with E-state index in [-0.39, 0.29) is 5.56 Å². The van der Waals surface area contributed by atoms with Crippen LogP contribution in [-0.4, -0.2) is 33.7 Å². The number of aromatic nitrogens is 2. The van der Waals surface area contributed by atoms with Crippen LogP contribution in [0.3, 0.4) is 0 Å². The number of rotatable bonds is 6. The molecule has 0 radical (unpaired) electrons. The van der Waals surface area contributed by atoms with Gasteiger partial charge in [-0.25, -0.2) is 14.2 Å². The van der Waals surface area contributed by atoms with Crippen LogP contribution in [0.5, 0.6) is 11.5 Å². The van der Waals surface area contributed by atoms with Gasteiger partial charge in [-0.15, -0.1) is 0 Å². The third kappa shape index (κ3) is 3.66. The molecular formula is C21H17BrN2O5S. The highest BCUT2D eigenvalue weighted by Crippen LogP contribution is 2.37. The zero-order valence-electron chi connectivity index (χ0n) is 16.1. The lowest BCUT2D eigenvalue weighted by Crippen LogP contribution is -2.22. The van der Waals surface area contributed by atoms with Gasteiger partial charge in [-0.3, -0.25) is 4.79 Å². The molecule has 7 nitrogen and oxygen atoms in total. The van der Waals surface area contributed by atoms with Gasteiger partial charge in [-0.1, -0.05) is 23.5 Å². The van der Waals surface area contributed by atoms with Crippen molar-refractivity contribution in [3.63, 3.8) is 0 Å². The van der Waals surface area contributed by atoms with Gasteiger partial charge in [-0.2, -0.15) is 0 Å². The van der Waals surface area contributed by atoms with Gasteiger partial charge >= 0.3 is 5.97 Å². The summed E-state index contributed by atoms with van der Waals surface area (Å²) in [6.45, 7) is 3.69. The number of carboxylic acids is 1. The first kappa shape index (κ1) is 20.4. The molecule has 0 saturated carbocycles. The molecule has 0 fully saturated rings. The summed E-state index contributed by atoms with van der Waals surface area (Å²) in [4.78, 5) is 29.1. The van der Waals surface area contributed by atoms with Gasteiger partial charge in [-0.05, 0) is 65.2 Å². The Morgan fingerprint density at radius 2 is 2.13 bits per heavy atom. The monoisotopic (exact) mass is 488 g/mol. The Kier molecular flexibility index (Phi) is 5.48. The fourth-order valence-electron chi connectivity index (χ4n) is 3.19. The van der Waals surface area contributed by atoms with Crippen LogP contribution >= 0.6 is 27.3 Å². The lowest BCUT2D eigenvalue weighted by atomic mass is 10.2. The molecule has 0 aliphatic rings. The molecule has 0 spiro atoms. The van der Waals surface area contributed by atoms with Crippen LogP contribution in [0.2, 0.25) is 0 Å². The van der Waals surface area contributed by atoms with Crippen LogP contribution in [0.25, 0.3) is 22.1 Å². The highest BCUT2D eigenvalue weighted by atomic mass is 79.9. The minimum absolute atomic E-state index is 0.136. The summed E-state index contributed by atoms with van der Waals surface area (Å²) >= 11 is 4.72. The van der Waals surface area contributed by atoms with E-state index in [0.717, 1.165) is 22.2 Å². The maximum Gasteiger partial charge on any atom is 0.341 e. The number of halogens is 1. The zero-order valence-corrected chi connectivity index (χ0v) is 18.5. The van der Waals surface area contributed by atoms with Crippen LogP contribution in [0, 0.1) is 6.92 Å². The SMILES string of the molecule is CCOc1cc(/C=c2\sc3nc4c(C)cccc4n3c2=O)cc(Br)c1OCC(=O)O. The summed E-state index contributed by atoms with van der Waals surface area (Å²) in [6.07, 6.45) is 1.76. The van der Waals surface area contributed by atoms with Crippen LogP contribution in [0.15, 0.2) is 39.6 Å². The number of aliphatic carboxylic acids is 1. The molecule has 0 saturated heterocycles. The molecule has 154 valence electrons. The van der Waals surface area contributed by atoms with E-state index in [1.54, 1.807) is 22.6 Å². The first-order chi connectivity index (χ1) is 14.4. The van der Waals surface area contributed by atoms with Crippen LogP contribution < -0.4 is 19.6 Å². The number of hydrogen-bond donors (Lipinski definition) is 1. The molecule has 0 unspecified atom stereocenters. The Bertz CT molecular complexity index is 1390. The predicted molar refractivity (Wildman–Crippen MR) is 119 cm³/mol. The molecule has 1 N–H and O–H groups in total. The van der Waals surface area contributed by atoms with Crippen molar-refractivity contribution in [2.75, 3.05) is 13.2 Å². The maximum atomic E-state index is 13.0. The quantitative estimate of drug-likeness (QED) is 0.447. The molecule has 9 heteroatoms. The fourth-order valence-corrected chi connectivity index (χ4v) is 4.74. The van der Waals surface area contributed by atoms with E-state index < -0.39 is 12.6 Å². The molecule has 0 amide bonds. The lowest BCUT2D eigenvalue weighted by molar-refractivity contribution is -0.139. The molecule has 2 aromatic heterocycles. The van der Waals surface area contributed by atoms with Gasteiger partial charge in [0.05, 0.1) is 26.6 Å². The van der Waals surface area contributed by atoms with Crippen molar-refractivity contribution in [1.29, 1.82) is 0 Å². The van der Waals surface area contributed by atoms with Gasteiger partial charge in [0.2, 0.25) is 0 Å². The van der Waals surface area contributed by atoms with Gasteiger partial charge < -0.3 is 14.6 Å². The number of carbonyl (C=O) groups is 1. The number of hydrogen-bond acceptors (Lipinski definition) is 6. The second-order valence-corrected chi connectivity index (χ2v) is 8.40. The summed E-state index contributed by atoms with van der Waals surface area (Å²) in [5, 5.41) is 8.88. The van der Waals surface area contributed by atoms with Gasteiger partial charge in [0.15, 0.2) is 23.1 Å². The molecule has 2 heterocycles. The van der Waals surface area contributed by atoms with E-state index in [1.807, 2.05) is 32.0 Å². The topological polar surface area (TPSA) is 90.1 Å². The number of para-hydroxylation sites is 1. The minimum Gasteiger partial charge on any atom is -0.490 e. The standard InChI is InChI=1S/C21H17BrN2O5S/c1-3-28-15-8-12(7-13(22)19(15)29-10-17(25)26)9-16-20(27)24-14-6-4-5-11(2)18(14)23-21(24)30-16/h4-9H,3,10H2,1-2H3,(H,25,26)/b16-9-. The van der Waals surface area contributed by atoms with Crippen molar-refractivity contribution in [2.45, 2.75) is 13.8 Å². The summed E-state index contributed by atoms with van der Waals surface area (Å²) < 4.78 is 13.7. The number of ether oxygens (including phenoxy) is 2. The Morgan fingerprint density at radius 3 is 2.87 bits per heavy atom. The molecule has 4 rings (SSSR count). The van der Waals surface area contributed by atoms with E-state index in [4.69, 9.17) is 14.6 Å². The highest BCUT2D eigenvalue weighted by molar-refractivity contribution is 9.10. The number of thiazole rings is 1. The molecule has 2 aromatic carbocycles. The minimum atomic E-state index is -1.08. The molecule has 0 aliphatic carbocycles. The summed E-state index contributed by atoms with van der Waals surface area (Å²) in [6, 6.07) is 9.24. The average Bonchev–Trinajstić information content (AvgIpc) is 3.19. The Morgan fingerprint density at radius 1 is 1.33 bits per heavy atom. The van der Waals surface area contributed by atoms with Crippen molar-refractivity contribution in [3.8, 4) is 11.5 Å². The third-order valence-electron chi connectivity index (χ3n) is 4.44. The Labute approximate surface area is 183 Å². The van der Waals surface area contributed by atoms with E-state index in [1.165, 1.54) is 11.3 Å². The fraction of sp³-hybridized carbons (Fsp3) is 0.190. The number of carboxylic acid groups (broad SMARTS) is 1. The Hall–Kier alpha value is -2.91. The second kappa shape index (κ2) is 8.08. The van der Waals surface area contributed by atoms with Crippen LogP contribution in [0.1, 0.15) is 18.1 Å². The van der Waals surface area contributed by atoms with Crippen LogP contribution in [0.4, 0.5) is 0 Å². The number of fused-ring (bicyclic) bond motifs is 3. The number of imidazole rings is 1. The normalized spacial score (nSPS) is 12.0. The summed E-state index contributed by atoms with van der Waals surface area (Å²) in [5.41, 5.74) is 3.22. The smallest absolute Gasteiger partial charge is 0.341 e. The number of nitrogens with zero attached hydrogens (tertiary/aromatic N) is 2. The first-order valence-corrected chi connectivity index (χ1v) is 10.7. The van der Waals surface area contributed by atoms with E-state index in [0.29, 0.717) is 32.1 Å². The number of aryl methyl sites for hydroxylation is 1. The first-order valence-electron chi connectivity index (χ1n) is 9.12. The lowest BCUT2D eigenvalue weighted by Gasteiger charge is -2.13. The van der Waals surface area contributed by atoms with Crippen molar-refractivity contribution < 1.29 is 19.4 Å². The average molecular weight is 489 g/mol. The van der Waals surface area contributed by atoms with Gasteiger partial charge in [0, 0.05) is 0 Å². The van der Waals surface area contributed by atoms with Crippen molar-refractivity contribution in [2.24, 2.45) is 0 Å². The zero-order chi connectivity index (χ0) is 21.4. The number of benzene rings is 2. The van der Waals surface area contributed by atoms with Crippen LogP contribution in [-0.2, 0) is 4.79 Å². The molecule has 0 atom stereocenters. The molecule has 30 heavy (non-hydrogen) atoms.